The number of benzene rings is 1. The van der Waals surface area contributed by atoms with Gasteiger partial charge < -0.3 is 20.5 Å². The van der Waals surface area contributed by atoms with E-state index in [1.54, 1.807) is 0 Å². The number of carbonyl (C=O) groups excluding carboxylic acids is 1. The summed E-state index contributed by atoms with van der Waals surface area (Å²) in [5.74, 6) is 0.233. The molecule has 0 aliphatic carbocycles. The van der Waals surface area contributed by atoms with E-state index >= 15 is 0 Å². The molecule has 1 rings (SSSR count). The fourth-order valence-corrected chi connectivity index (χ4v) is 1.40. The maximum absolute atomic E-state index is 11.8. The van der Waals surface area contributed by atoms with Crippen molar-refractivity contribution in [2.24, 2.45) is 0 Å². The number of hydrogen-bond acceptors (Lipinski definition) is 4. The third kappa shape index (κ3) is 3.96. The standard InChI is InChI=1S/C12H18N2O3/c1-3-13-6-7-14-12(16)10-5-4-9(15)8-11(10)17-2/h4-5,8,13,15H,3,6-7H2,1-2H3,(H,14,16). The van der Waals surface area contributed by atoms with Gasteiger partial charge >= 0.3 is 0 Å². The lowest BCUT2D eigenvalue weighted by atomic mass is 10.2. The summed E-state index contributed by atoms with van der Waals surface area (Å²) >= 11 is 0. The van der Waals surface area contributed by atoms with Gasteiger partial charge in [-0.15, -0.1) is 0 Å². The molecule has 0 atom stereocenters. The van der Waals surface area contributed by atoms with Crippen LogP contribution < -0.4 is 15.4 Å². The molecule has 0 unspecified atom stereocenters. The molecule has 1 aromatic carbocycles. The Morgan fingerprint density at radius 2 is 2.18 bits per heavy atom. The molecule has 0 saturated heterocycles. The Bertz CT molecular complexity index is 380. The average molecular weight is 238 g/mol. The van der Waals surface area contributed by atoms with Gasteiger partial charge in [0.25, 0.3) is 5.91 Å². The SMILES string of the molecule is CCNCCNC(=O)c1ccc(O)cc1OC. The number of amides is 1. The lowest BCUT2D eigenvalue weighted by Crippen LogP contribution is -2.31. The van der Waals surface area contributed by atoms with E-state index in [1.807, 2.05) is 6.92 Å². The summed E-state index contributed by atoms with van der Waals surface area (Å²) in [6, 6.07) is 4.41. The molecule has 0 radical (unpaired) electrons. The minimum Gasteiger partial charge on any atom is -0.508 e. The van der Waals surface area contributed by atoms with Crippen molar-refractivity contribution < 1.29 is 14.6 Å². The van der Waals surface area contributed by atoms with E-state index in [9.17, 15) is 9.90 Å². The highest BCUT2D eigenvalue weighted by Gasteiger charge is 2.11. The molecule has 3 N–H and O–H groups in total. The van der Waals surface area contributed by atoms with Gasteiger partial charge in [0.15, 0.2) is 0 Å². The molecule has 0 aromatic heterocycles. The van der Waals surface area contributed by atoms with Gasteiger partial charge in [-0.2, -0.15) is 0 Å². The van der Waals surface area contributed by atoms with Crippen LogP contribution in [0, 0.1) is 0 Å². The fourth-order valence-electron chi connectivity index (χ4n) is 1.40. The third-order valence-corrected chi connectivity index (χ3v) is 2.27. The second-order valence-electron chi connectivity index (χ2n) is 3.49. The van der Waals surface area contributed by atoms with Crippen molar-refractivity contribution in [2.75, 3.05) is 26.7 Å². The molecule has 17 heavy (non-hydrogen) atoms. The summed E-state index contributed by atoms with van der Waals surface area (Å²) in [5.41, 5.74) is 0.418. The Hall–Kier alpha value is -1.75. The van der Waals surface area contributed by atoms with Crippen LogP contribution in [-0.4, -0.2) is 37.8 Å². The monoisotopic (exact) mass is 238 g/mol. The van der Waals surface area contributed by atoms with E-state index in [2.05, 4.69) is 10.6 Å². The number of aromatic hydroxyl groups is 1. The summed E-state index contributed by atoms with van der Waals surface area (Å²) < 4.78 is 5.04. The van der Waals surface area contributed by atoms with Crippen LogP contribution in [0.1, 0.15) is 17.3 Å². The summed E-state index contributed by atoms with van der Waals surface area (Å²) in [6.07, 6.45) is 0. The quantitative estimate of drug-likeness (QED) is 0.639. The van der Waals surface area contributed by atoms with E-state index in [0.717, 1.165) is 13.1 Å². The highest BCUT2D eigenvalue weighted by Crippen LogP contribution is 2.23. The number of phenols is 1. The van der Waals surface area contributed by atoms with Crippen LogP contribution in [0.3, 0.4) is 0 Å². The van der Waals surface area contributed by atoms with Gasteiger partial charge in [-0.05, 0) is 18.7 Å². The number of methoxy groups -OCH3 is 1. The van der Waals surface area contributed by atoms with Crippen molar-refractivity contribution in [3.63, 3.8) is 0 Å². The van der Waals surface area contributed by atoms with Crippen LogP contribution in [0.2, 0.25) is 0 Å². The molecule has 0 aliphatic heterocycles. The van der Waals surface area contributed by atoms with Crippen LogP contribution in [0.15, 0.2) is 18.2 Å². The Labute approximate surface area is 101 Å². The average Bonchev–Trinajstić information content (AvgIpc) is 2.34. The summed E-state index contributed by atoms with van der Waals surface area (Å²) in [7, 11) is 1.46. The zero-order valence-corrected chi connectivity index (χ0v) is 10.1. The molecule has 0 bridgehead atoms. The molecule has 0 aliphatic rings. The molecule has 5 heteroatoms. The minimum absolute atomic E-state index is 0.0750. The summed E-state index contributed by atoms with van der Waals surface area (Å²) in [6.45, 7) is 4.16. The first-order valence-electron chi connectivity index (χ1n) is 5.55. The van der Waals surface area contributed by atoms with Crippen LogP contribution in [0.4, 0.5) is 0 Å². The van der Waals surface area contributed by atoms with Crippen molar-refractivity contribution in [1.29, 1.82) is 0 Å². The number of rotatable bonds is 6. The van der Waals surface area contributed by atoms with E-state index in [4.69, 9.17) is 4.74 Å². The minimum atomic E-state index is -0.209. The molecule has 5 nitrogen and oxygen atoms in total. The van der Waals surface area contributed by atoms with Crippen LogP contribution in [-0.2, 0) is 0 Å². The number of likely N-dealkylation sites (N-methyl/N-ethyl adjacent to an activating group) is 1. The Morgan fingerprint density at radius 3 is 2.82 bits per heavy atom. The van der Waals surface area contributed by atoms with Gasteiger partial charge in [-0.3, -0.25) is 4.79 Å². The fraction of sp³-hybridized carbons (Fsp3) is 0.417. The van der Waals surface area contributed by atoms with Crippen molar-refractivity contribution in [1.82, 2.24) is 10.6 Å². The van der Waals surface area contributed by atoms with Gasteiger partial charge in [-0.25, -0.2) is 0 Å². The lowest BCUT2D eigenvalue weighted by molar-refractivity contribution is 0.0951. The normalized spacial score (nSPS) is 10.0. The number of nitrogens with one attached hydrogen (secondary N) is 2. The van der Waals surface area contributed by atoms with E-state index in [1.165, 1.54) is 25.3 Å². The number of ether oxygens (including phenoxy) is 1. The molecule has 1 amide bonds. The van der Waals surface area contributed by atoms with Crippen molar-refractivity contribution in [2.45, 2.75) is 6.92 Å². The highest BCUT2D eigenvalue weighted by atomic mass is 16.5. The molecule has 0 spiro atoms. The van der Waals surface area contributed by atoms with Crippen LogP contribution >= 0.6 is 0 Å². The second kappa shape index (κ2) is 6.75. The Balaban J connectivity index is 2.62. The second-order valence-corrected chi connectivity index (χ2v) is 3.49. The van der Waals surface area contributed by atoms with Crippen molar-refractivity contribution in [3.8, 4) is 11.5 Å². The third-order valence-electron chi connectivity index (χ3n) is 2.27. The summed E-state index contributed by atoms with van der Waals surface area (Å²) in [5, 5.41) is 15.1. The van der Waals surface area contributed by atoms with Gasteiger partial charge in [0, 0.05) is 19.2 Å². The van der Waals surface area contributed by atoms with Crippen molar-refractivity contribution >= 4 is 5.91 Å². The zero-order valence-electron chi connectivity index (χ0n) is 10.1. The van der Waals surface area contributed by atoms with Gasteiger partial charge in [0.1, 0.15) is 11.5 Å². The smallest absolute Gasteiger partial charge is 0.255 e. The Morgan fingerprint density at radius 1 is 1.41 bits per heavy atom. The van der Waals surface area contributed by atoms with Crippen LogP contribution in [0.25, 0.3) is 0 Å². The van der Waals surface area contributed by atoms with Crippen molar-refractivity contribution in [3.05, 3.63) is 23.8 Å². The summed E-state index contributed by atoms with van der Waals surface area (Å²) in [4.78, 5) is 11.8. The maximum Gasteiger partial charge on any atom is 0.255 e. The highest BCUT2D eigenvalue weighted by molar-refractivity contribution is 5.97. The first-order valence-corrected chi connectivity index (χ1v) is 5.55. The van der Waals surface area contributed by atoms with Gasteiger partial charge in [0.2, 0.25) is 0 Å². The number of hydrogen-bond donors (Lipinski definition) is 3. The first-order chi connectivity index (χ1) is 8.19. The predicted molar refractivity (Wildman–Crippen MR) is 65.5 cm³/mol. The predicted octanol–water partition coefficient (Wildman–Crippen LogP) is 0.740. The molecule has 94 valence electrons. The molecular formula is C12H18N2O3. The topological polar surface area (TPSA) is 70.6 Å². The largest absolute Gasteiger partial charge is 0.508 e. The maximum atomic E-state index is 11.8. The lowest BCUT2D eigenvalue weighted by Gasteiger charge is -2.09. The zero-order chi connectivity index (χ0) is 12.7. The first kappa shape index (κ1) is 13.3. The van der Waals surface area contributed by atoms with E-state index in [0.29, 0.717) is 17.9 Å². The van der Waals surface area contributed by atoms with E-state index < -0.39 is 0 Å². The number of carbonyl (C=O) groups is 1. The van der Waals surface area contributed by atoms with E-state index in [-0.39, 0.29) is 11.7 Å². The molecule has 0 heterocycles. The molecule has 1 aromatic rings. The molecule has 0 saturated carbocycles. The molecule has 0 fully saturated rings. The van der Waals surface area contributed by atoms with Crippen LogP contribution in [0.5, 0.6) is 11.5 Å². The Kier molecular flexibility index (Phi) is 5.29. The number of phenolic OH excluding ortho intramolecular Hbond substituents is 1. The van der Waals surface area contributed by atoms with Gasteiger partial charge in [-0.1, -0.05) is 6.92 Å². The molecular weight excluding hydrogens is 220 g/mol. The van der Waals surface area contributed by atoms with Gasteiger partial charge in [0.05, 0.1) is 12.7 Å².